The van der Waals surface area contributed by atoms with Gasteiger partial charge in [-0.2, -0.15) is 0 Å². The van der Waals surface area contributed by atoms with Crippen molar-refractivity contribution in [2.24, 2.45) is 5.73 Å². The number of carbonyl (C=O) groups is 1. The van der Waals surface area contributed by atoms with Crippen molar-refractivity contribution in [1.29, 1.82) is 0 Å². The quantitative estimate of drug-likeness (QED) is 0.652. The molecule has 1 aromatic rings. The van der Waals surface area contributed by atoms with Gasteiger partial charge in [0, 0.05) is 14.1 Å². The van der Waals surface area contributed by atoms with Gasteiger partial charge < -0.3 is 10.6 Å². The molecule has 0 spiro atoms. The summed E-state index contributed by atoms with van der Waals surface area (Å²) in [7, 11) is 3.35. The average molecular weight is 213 g/mol. The molecule has 1 amide bonds. The number of nitrogens with zero attached hydrogens (tertiary/aromatic N) is 4. The highest BCUT2D eigenvalue weighted by molar-refractivity contribution is 7.80. The minimum absolute atomic E-state index is 0.0654. The Bertz CT molecular complexity index is 359. The van der Waals surface area contributed by atoms with Gasteiger partial charge in [0.05, 0.1) is 0 Å². The second kappa shape index (κ2) is 4.14. The highest BCUT2D eigenvalue weighted by atomic mass is 32.1. The first-order valence-corrected chi connectivity index (χ1v) is 4.31. The second-order valence-corrected chi connectivity index (χ2v) is 3.36. The Labute approximate surface area is 86.7 Å². The third-order valence-corrected chi connectivity index (χ3v) is 1.74. The Morgan fingerprint density at radius 3 is 2.79 bits per heavy atom. The fourth-order valence-electron chi connectivity index (χ4n) is 0.764. The molecule has 0 bridgehead atoms. The van der Waals surface area contributed by atoms with Gasteiger partial charge in [0.25, 0.3) is 0 Å². The lowest BCUT2D eigenvalue weighted by molar-refractivity contribution is -0.129. The first kappa shape index (κ1) is 10.6. The van der Waals surface area contributed by atoms with Gasteiger partial charge in [-0.3, -0.25) is 4.79 Å². The number of amides is 1. The van der Waals surface area contributed by atoms with Crippen molar-refractivity contribution in [2.45, 2.75) is 6.54 Å². The SMILES string of the molecule is CN(C)C(=O)Cn1cnc(C(N)=S)n1. The molecule has 2 N–H and O–H groups in total. The predicted octanol–water partition coefficient (Wildman–Crippen LogP) is -0.999. The Kier molecular flexibility index (Phi) is 3.13. The highest BCUT2D eigenvalue weighted by Gasteiger charge is 2.08. The van der Waals surface area contributed by atoms with E-state index in [9.17, 15) is 4.79 Å². The van der Waals surface area contributed by atoms with Crippen LogP contribution in [-0.4, -0.2) is 44.7 Å². The summed E-state index contributed by atoms with van der Waals surface area (Å²) in [5.41, 5.74) is 5.32. The number of hydrogen-bond acceptors (Lipinski definition) is 4. The first-order valence-electron chi connectivity index (χ1n) is 3.90. The molecule has 1 heterocycles. The van der Waals surface area contributed by atoms with Crippen LogP contribution in [0.5, 0.6) is 0 Å². The molecule has 7 heteroatoms. The molecule has 1 rings (SSSR count). The molecule has 0 aliphatic rings. The number of nitrogens with two attached hydrogens (primary N) is 1. The van der Waals surface area contributed by atoms with E-state index in [0.717, 1.165) is 0 Å². The molecular weight excluding hydrogens is 202 g/mol. The molecule has 6 nitrogen and oxygen atoms in total. The lowest BCUT2D eigenvalue weighted by Gasteiger charge is -2.08. The maximum absolute atomic E-state index is 11.3. The van der Waals surface area contributed by atoms with Gasteiger partial charge in [-0.05, 0) is 0 Å². The predicted molar refractivity (Wildman–Crippen MR) is 54.6 cm³/mol. The molecule has 0 saturated heterocycles. The lowest BCUT2D eigenvalue weighted by atomic mass is 10.5. The van der Waals surface area contributed by atoms with Crippen LogP contribution in [0.4, 0.5) is 0 Å². The van der Waals surface area contributed by atoms with E-state index in [4.69, 9.17) is 5.73 Å². The summed E-state index contributed by atoms with van der Waals surface area (Å²) in [4.78, 5) is 16.7. The molecule has 0 saturated carbocycles. The van der Waals surface area contributed by atoms with Crippen molar-refractivity contribution in [1.82, 2.24) is 19.7 Å². The fraction of sp³-hybridized carbons (Fsp3) is 0.429. The van der Waals surface area contributed by atoms with Crippen molar-refractivity contribution in [3.63, 3.8) is 0 Å². The zero-order valence-electron chi connectivity index (χ0n) is 7.97. The number of carbonyl (C=O) groups excluding carboxylic acids is 1. The number of aromatic nitrogens is 3. The summed E-state index contributed by atoms with van der Waals surface area (Å²) in [6.45, 7) is 0.141. The smallest absolute Gasteiger partial charge is 0.243 e. The Morgan fingerprint density at radius 1 is 1.71 bits per heavy atom. The molecule has 0 radical (unpaired) electrons. The van der Waals surface area contributed by atoms with E-state index in [-0.39, 0.29) is 23.3 Å². The summed E-state index contributed by atoms with van der Waals surface area (Å²) in [6, 6.07) is 0. The van der Waals surface area contributed by atoms with Crippen molar-refractivity contribution in [3.8, 4) is 0 Å². The monoisotopic (exact) mass is 213 g/mol. The van der Waals surface area contributed by atoms with Gasteiger partial charge in [-0.1, -0.05) is 12.2 Å². The van der Waals surface area contributed by atoms with Gasteiger partial charge in [0.1, 0.15) is 17.9 Å². The molecule has 1 aromatic heterocycles. The number of likely N-dealkylation sites (N-methyl/N-ethyl adjacent to an activating group) is 1. The number of thiocarbonyl (C=S) groups is 1. The average Bonchev–Trinajstić information content (AvgIpc) is 2.52. The lowest BCUT2D eigenvalue weighted by Crippen LogP contribution is -2.26. The molecule has 0 unspecified atom stereocenters. The summed E-state index contributed by atoms with van der Waals surface area (Å²) >= 11 is 4.68. The van der Waals surface area contributed by atoms with Crippen LogP contribution in [0.1, 0.15) is 5.82 Å². The largest absolute Gasteiger partial charge is 0.387 e. The van der Waals surface area contributed by atoms with Crippen LogP contribution in [0, 0.1) is 0 Å². The molecule has 0 aliphatic heterocycles. The summed E-state index contributed by atoms with van der Waals surface area (Å²) < 4.78 is 1.40. The Morgan fingerprint density at radius 2 is 2.36 bits per heavy atom. The van der Waals surface area contributed by atoms with E-state index in [1.807, 2.05) is 0 Å². The van der Waals surface area contributed by atoms with Gasteiger partial charge >= 0.3 is 0 Å². The third-order valence-electron chi connectivity index (χ3n) is 1.55. The minimum atomic E-state index is -0.0654. The second-order valence-electron chi connectivity index (χ2n) is 2.92. The molecular formula is C7H11N5OS. The van der Waals surface area contributed by atoms with Gasteiger partial charge in [0.2, 0.25) is 11.7 Å². The highest BCUT2D eigenvalue weighted by Crippen LogP contribution is 1.91. The van der Waals surface area contributed by atoms with Crippen LogP contribution < -0.4 is 5.73 Å². The third kappa shape index (κ3) is 2.49. The van der Waals surface area contributed by atoms with E-state index in [2.05, 4.69) is 22.3 Å². The maximum Gasteiger partial charge on any atom is 0.243 e. The summed E-state index contributed by atoms with van der Waals surface area (Å²) in [5, 5.41) is 3.92. The standard InChI is InChI=1S/C7H11N5OS/c1-11(2)5(13)3-12-4-9-7(10-12)6(8)14/h4H,3H2,1-2H3,(H2,8,14). The van der Waals surface area contributed by atoms with Crippen LogP contribution in [0.25, 0.3) is 0 Å². The van der Waals surface area contributed by atoms with Crippen molar-refractivity contribution < 1.29 is 4.79 Å². The number of rotatable bonds is 3. The van der Waals surface area contributed by atoms with Crippen molar-refractivity contribution >= 4 is 23.1 Å². The van der Waals surface area contributed by atoms with Crippen LogP contribution >= 0.6 is 12.2 Å². The zero-order chi connectivity index (χ0) is 10.7. The van der Waals surface area contributed by atoms with E-state index in [0.29, 0.717) is 0 Å². The van der Waals surface area contributed by atoms with Gasteiger partial charge in [0.15, 0.2) is 0 Å². The molecule has 0 aliphatic carbocycles. The molecule has 0 atom stereocenters. The van der Waals surface area contributed by atoms with Gasteiger partial charge in [-0.25, -0.2) is 9.67 Å². The van der Waals surface area contributed by atoms with E-state index in [1.54, 1.807) is 14.1 Å². The maximum atomic E-state index is 11.3. The number of hydrogen-bond donors (Lipinski definition) is 1. The first-order chi connectivity index (χ1) is 6.50. The van der Waals surface area contributed by atoms with Crippen molar-refractivity contribution in [3.05, 3.63) is 12.2 Å². The van der Waals surface area contributed by atoms with Crippen LogP contribution in [0.2, 0.25) is 0 Å². The summed E-state index contributed by atoms with van der Waals surface area (Å²) in [5.74, 6) is 0.218. The summed E-state index contributed by atoms with van der Waals surface area (Å²) in [6.07, 6.45) is 1.43. The van der Waals surface area contributed by atoms with Crippen LogP contribution in [0.3, 0.4) is 0 Å². The molecule has 0 fully saturated rings. The minimum Gasteiger partial charge on any atom is -0.387 e. The van der Waals surface area contributed by atoms with Gasteiger partial charge in [-0.15, -0.1) is 5.10 Å². The molecule has 76 valence electrons. The fourth-order valence-corrected chi connectivity index (χ4v) is 0.857. The van der Waals surface area contributed by atoms with Crippen LogP contribution in [-0.2, 0) is 11.3 Å². The van der Waals surface area contributed by atoms with E-state index >= 15 is 0 Å². The van der Waals surface area contributed by atoms with E-state index in [1.165, 1.54) is 15.9 Å². The Balaban J connectivity index is 2.69. The van der Waals surface area contributed by atoms with Crippen LogP contribution in [0.15, 0.2) is 6.33 Å². The molecule has 14 heavy (non-hydrogen) atoms. The zero-order valence-corrected chi connectivity index (χ0v) is 8.78. The van der Waals surface area contributed by atoms with Crippen molar-refractivity contribution in [2.75, 3.05) is 14.1 Å². The Hall–Kier alpha value is -1.50. The topological polar surface area (TPSA) is 77.0 Å². The normalized spacial score (nSPS) is 9.86. The molecule has 0 aromatic carbocycles. The van der Waals surface area contributed by atoms with E-state index < -0.39 is 0 Å².